The van der Waals surface area contributed by atoms with Crippen LogP contribution in [0.2, 0.25) is 5.02 Å². The van der Waals surface area contributed by atoms with Gasteiger partial charge in [-0.3, -0.25) is 0 Å². The Labute approximate surface area is 88.0 Å². The molecule has 1 N–H and O–H groups in total. The van der Waals surface area contributed by atoms with E-state index in [0.29, 0.717) is 11.6 Å². The Morgan fingerprint density at radius 3 is 2.93 bits per heavy atom. The van der Waals surface area contributed by atoms with E-state index in [1.54, 1.807) is 12.1 Å². The summed E-state index contributed by atoms with van der Waals surface area (Å²) < 4.78 is 18.4. The number of hydrogen-bond donors (Lipinski definition) is 1. The smallest absolute Gasteiger partial charge is 0.173 e. The van der Waals surface area contributed by atoms with Crippen molar-refractivity contribution in [2.24, 2.45) is 0 Å². The zero-order valence-electron chi connectivity index (χ0n) is 8.02. The van der Waals surface area contributed by atoms with Gasteiger partial charge in [0.25, 0.3) is 0 Å². The van der Waals surface area contributed by atoms with E-state index in [4.69, 9.17) is 16.3 Å². The predicted molar refractivity (Wildman–Crippen MR) is 55.4 cm³/mol. The van der Waals surface area contributed by atoms with Crippen LogP contribution in [-0.2, 0) is 0 Å². The van der Waals surface area contributed by atoms with Crippen molar-refractivity contribution >= 4 is 11.6 Å². The number of rotatable bonds is 5. The number of ether oxygens (including phenoxy) is 1. The zero-order chi connectivity index (χ0) is 10.4. The molecule has 0 aromatic heterocycles. The maximum Gasteiger partial charge on any atom is 0.173 e. The van der Waals surface area contributed by atoms with Crippen LogP contribution in [0, 0.1) is 5.82 Å². The molecule has 2 nitrogen and oxygen atoms in total. The lowest BCUT2D eigenvalue weighted by molar-refractivity contribution is 0.295. The van der Waals surface area contributed by atoms with Gasteiger partial charge in [0.1, 0.15) is 0 Å². The standard InChI is InChI=1S/C10H13ClFNO/c1-13-6-3-7-14-10-8(11)4-2-5-9(10)12/h2,4-5,13H,3,6-7H2,1H3. The highest BCUT2D eigenvalue weighted by atomic mass is 35.5. The van der Waals surface area contributed by atoms with Crippen molar-refractivity contribution in [3.63, 3.8) is 0 Å². The lowest BCUT2D eigenvalue weighted by Gasteiger charge is -2.08. The van der Waals surface area contributed by atoms with E-state index in [0.717, 1.165) is 13.0 Å². The van der Waals surface area contributed by atoms with Gasteiger partial charge in [-0.05, 0) is 32.1 Å². The Morgan fingerprint density at radius 1 is 1.50 bits per heavy atom. The summed E-state index contributed by atoms with van der Waals surface area (Å²) >= 11 is 5.76. The van der Waals surface area contributed by atoms with Crippen LogP contribution < -0.4 is 10.1 Å². The highest BCUT2D eigenvalue weighted by Gasteiger charge is 2.06. The van der Waals surface area contributed by atoms with Crippen LogP contribution in [0.25, 0.3) is 0 Å². The first-order valence-electron chi connectivity index (χ1n) is 4.47. The monoisotopic (exact) mass is 217 g/mol. The van der Waals surface area contributed by atoms with Crippen molar-refractivity contribution in [2.45, 2.75) is 6.42 Å². The van der Waals surface area contributed by atoms with Crippen LogP contribution in [0.5, 0.6) is 5.75 Å². The zero-order valence-corrected chi connectivity index (χ0v) is 8.77. The number of hydrogen-bond acceptors (Lipinski definition) is 2. The molecule has 0 aliphatic carbocycles. The molecule has 0 bridgehead atoms. The summed E-state index contributed by atoms with van der Waals surface area (Å²) in [6.07, 6.45) is 0.821. The first-order valence-corrected chi connectivity index (χ1v) is 4.85. The third-order valence-corrected chi connectivity index (χ3v) is 2.03. The molecule has 0 spiro atoms. The van der Waals surface area contributed by atoms with Crippen molar-refractivity contribution in [3.8, 4) is 5.75 Å². The van der Waals surface area contributed by atoms with Gasteiger partial charge in [0.2, 0.25) is 0 Å². The van der Waals surface area contributed by atoms with E-state index in [9.17, 15) is 4.39 Å². The molecule has 0 radical (unpaired) electrons. The molecule has 4 heteroatoms. The van der Waals surface area contributed by atoms with Crippen molar-refractivity contribution < 1.29 is 9.13 Å². The van der Waals surface area contributed by atoms with Crippen LogP contribution in [0.3, 0.4) is 0 Å². The van der Waals surface area contributed by atoms with Gasteiger partial charge in [-0.25, -0.2) is 4.39 Å². The van der Waals surface area contributed by atoms with Crippen molar-refractivity contribution in [2.75, 3.05) is 20.2 Å². The van der Waals surface area contributed by atoms with E-state index in [1.165, 1.54) is 6.07 Å². The SMILES string of the molecule is CNCCCOc1c(F)cccc1Cl. The summed E-state index contributed by atoms with van der Waals surface area (Å²) in [6, 6.07) is 4.50. The summed E-state index contributed by atoms with van der Waals surface area (Å²) in [5.74, 6) is -0.271. The fourth-order valence-corrected chi connectivity index (χ4v) is 1.26. The second kappa shape index (κ2) is 5.83. The average molecular weight is 218 g/mol. The molecule has 14 heavy (non-hydrogen) atoms. The summed E-state index contributed by atoms with van der Waals surface area (Å²) in [6.45, 7) is 1.30. The summed E-state index contributed by atoms with van der Waals surface area (Å²) in [7, 11) is 1.86. The van der Waals surface area contributed by atoms with Gasteiger partial charge in [0.05, 0.1) is 11.6 Å². The third-order valence-electron chi connectivity index (χ3n) is 1.74. The lowest BCUT2D eigenvalue weighted by Crippen LogP contribution is -2.12. The van der Waals surface area contributed by atoms with E-state index in [2.05, 4.69) is 5.32 Å². The van der Waals surface area contributed by atoms with Gasteiger partial charge in [-0.2, -0.15) is 0 Å². The Kier molecular flexibility index (Phi) is 4.70. The molecule has 1 rings (SSSR count). The van der Waals surface area contributed by atoms with Gasteiger partial charge in [0, 0.05) is 0 Å². The van der Waals surface area contributed by atoms with Crippen molar-refractivity contribution in [1.82, 2.24) is 5.32 Å². The van der Waals surface area contributed by atoms with E-state index < -0.39 is 5.82 Å². The minimum Gasteiger partial charge on any atom is -0.489 e. The van der Waals surface area contributed by atoms with Crippen molar-refractivity contribution in [1.29, 1.82) is 0 Å². The molecule has 0 saturated carbocycles. The molecule has 0 amide bonds. The largest absolute Gasteiger partial charge is 0.489 e. The first kappa shape index (κ1) is 11.3. The average Bonchev–Trinajstić information content (AvgIpc) is 2.16. The summed E-state index contributed by atoms with van der Waals surface area (Å²) in [4.78, 5) is 0. The summed E-state index contributed by atoms with van der Waals surface area (Å²) in [5.41, 5.74) is 0. The highest BCUT2D eigenvalue weighted by molar-refractivity contribution is 6.32. The fourth-order valence-electron chi connectivity index (χ4n) is 1.04. The quantitative estimate of drug-likeness (QED) is 0.766. The Balaban J connectivity index is 2.49. The Hall–Kier alpha value is -0.800. The maximum atomic E-state index is 13.1. The van der Waals surface area contributed by atoms with Crippen LogP contribution >= 0.6 is 11.6 Å². The first-order chi connectivity index (χ1) is 6.75. The number of benzene rings is 1. The third kappa shape index (κ3) is 3.16. The van der Waals surface area contributed by atoms with Gasteiger partial charge in [-0.15, -0.1) is 0 Å². The molecule has 1 aromatic carbocycles. The maximum absolute atomic E-state index is 13.1. The number of nitrogens with one attached hydrogen (secondary N) is 1. The minimum absolute atomic E-state index is 0.144. The van der Waals surface area contributed by atoms with Gasteiger partial charge >= 0.3 is 0 Å². The molecule has 0 fully saturated rings. The van der Waals surface area contributed by atoms with E-state index in [-0.39, 0.29) is 5.75 Å². The van der Waals surface area contributed by atoms with Crippen molar-refractivity contribution in [3.05, 3.63) is 29.0 Å². The van der Waals surface area contributed by atoms with Crippen LogP contribution in [0.15, 0.2) is 18.2 Å². The number of para-hydroxylation sites is 1. The Bertz CT molecular complexity index is 273. The summed E-state index contributed by atoms with van der Waals surface area (Å²) in [5, 5.41) is 3.29. The lowest BCUT2D eigenvalue weighted by atomic mass is 10.3. The molecule has 0 atom stereocenters. The fraction of sp³-hybridized carbons (Fsp3) is 0.400. The van der Waals surface area contributed by atoms with Crippen LogP contribution in [0.4, 0.5) is 4.39 Å². The molecule has 0 heterocycles. The molecular weight excluding hydrogens is 205 g/mol. The molecule has 0 saturated heterocycles. The second-order valence-electron chi connectivity index (χ2n) is 2.86. The van der Waals surface area contributed by atoms with Gasteiger partial charge < -0.3 is 10.1 Å². The topological polar surface area (TPSA) is 21.3 Å². The van der Waals surface area contributed by atoms with Gasteiger partial charge in [-0.1, -0.05) is 17.7 Å². The molecule has 0 aliphatic heterocycles. The number of halogens is 2. The van der Waals surface area contributed by atoms with Crippen LogP contribution in [0.1, 0.15) is 6.42 Å². The molecule has 78 valence electrons. The van der Waals surface area contributed by atoms with E-state index >= 15 is 0 Å². The van der Waals surface area contributed by atoms with Gasteiger partial charge in [0.15, 0.2) is 11.6 Å². The Morgan fingerprint density at radius 2 is 2.29 bits per heavy atom. The molecule has 0 aliphatic rings. The molecular formula is C10H13ClFNO. The minimum atomic E-state index is -0.415. The highest BCUT2D eigenvalue weighted by Crippen LogP contribution is 2.27. The molecule has 1 aromatic rings. The van der Waals surface area contributed by atoms with Crippen LogP contribution in [-0.4, -0.2) is 20.2 Å². The molecule has 0 unspecified atom stereocenters. The van der Waals surface area contributed by atoms with E-state index in [1.807, 2.05) is 7.05 Å². The predicted octanol–water partition coefficient (Wildman–Crippen LogP) is 2.47. The second-order valence-corrected chi connectivity index (χ2v) is 3.26. The normalized spacial score (nSPS) is 10.2.